The number of rotatable bonds is 4. The molecule has 1 saturated heterocycles. The number of nitrogens with zero attached hydrogens (tertiary/aromatic N) is 3. The van der Waals surface area contributed by atoms with E-state index in [0.29, 0.717) is 25.0 Å². The number of hydrogen-bond acceptors (Lipinski definition) is 5. The van der Waals surface area contributed by atoms with Crippen LogP contribution in [-0.4, -0.2) is 45.5 Å². The molecule has 160 valence electrons. The standard InChI is InChI=1S/C23H24N4O4/c1-15-6-8-16(9-7-15)17-13-18(19-5-4-12-31-19)27(25-17)20(28)14-26-21(29)23(24-22(26)30)10-2-3-11-23/h4-9,12,18H,2-3,10-11,13-14H2,1H3,(H,24,30)/t18-/m1/s1. The van der Waals surface area contributed by atoms with E-state index in [-0.39, 0.29) is 12.5 Å². The number of furan rings is 1. The lowest BCUT2D eigenvalue weighted by atomic mass is 9.98. The van der Waals surface area contributed by atoms with Gasteiger partial charge < -0.3 is 9.73 Å². The van der Waals surface area contributed by atoms with E-state index in [9.17, 15) is 14.4 Å². The van der Waals surface area contributed by atoms with Crippen LogP contribution in [0.4, 0.5) is 4.79 Å². The fourth-order valence-electron chi connectivity index (χ4n) is 4.71. The molecule has 2 aromatic rings. The lowest BCUT2D eigenvalue weighted by molar-refractivity contribution is -0.140. The zero-order valence-corrected chi connectivity index (χ0v) is 17.3. The summed E-state index contributed by atoms with van der Waals surface area (Å²) in [6.07, 6.45) is 5.08. The molecule has 1 aromatic heterocycles. The van der Waals surface area contributed by atoms with E-state index >= 15 is 0 Å². The second kappa shape index (κ2) is 7.37. The number of imide groups is 1. The van der Waals surface area contributed by atoms with Crippen LogP contribution < -0.4 is 5.32 Å². The molecule has 8 nitrogen and oxygen atoms in total. The molecule has 1 aromatic carbocycles. The van der Waals surface area contributed by atoms with Crippen LogP contribution in [0.25, 0.3) is 0 Å². The van der Waals surface area contributed by atoms with Crippen molar-refractivity contribution in [3.8, 4) is 0 Å². The van der Waals surface area contributed by atoms with Crippen molar-refractivity contribution < 1.29 is 18.8 Å². The van der Waals surface area contributed by atoms with Gasteiger partial charge in [0.1, 0.15) is 23.9 Å². The monoisotopic (exact) mass is 420 g/mol. The van der Waals surface area contributed by atoms with Gasteiger partial charge in [0.05, 0.1) is 12.0 Å². The van der Waals surface area contributed by atoms with Crippen LogP contribution in [-0.2, 0) is 9.59 Å². The molecule has 0 radical (unpaired) electrons. The van der Waals surface area contributed by atoms with Gasteiger partial charge in [0.2, 0.25) is 0 Å². The van der Waals surface area contributed by atoms with Crippen molar-refractivity contribution in [3.63, 3.8) is 0 Å². The molecule has 4 amide bonds. The summed E-state index contributed by atoms with van der Waals surface area (Å²) in [6, 6.07) is 10.6. The van der Waals surface area contributed by atoms with Crippen LogP contribution >= 0.6 is 0 Å². The molecular formula is C23H24N4O4. The van der Waals surface area contributed by atoms with E-state index in [4.69, 9.17) is 4.42 Å². The van der Waals surface area contributed by atoms with Gasteiger partial charge in [-0.25, -0.2) is 9.80 Å². The minimum absolute atomic E-state index is 0.306. The largest absolute Gasteiger partial charge is 0.467 e. The van der Waals surface area contributed by atoms with Crippen LogP contribution in [0.1, 0.15) is 55.0 Å². The van der Waals surface area contributed by atoms with Gasteiger partial charge in [-0.15, -0.1) is 0 Å². The molecule has 2 fully saturated rings. The highest BCUT2D eigenvalue weighted by Gasteiger charge is 2.53. The van der Waals surface area contributed by atoms with Gasteiger partial charge in [0.15, 0.2) is 0 Å². The van der Waals surface area contributed by atoms with E-state index in [0.717, 1.165) is 34.6 Å². The summed E-state index contributed by atoms with van der Waals surface area (Å²) in [6.45, 7) is 1.67. The average molecular weight is 420 g/mol. The first-order valence-corrected chi connectivity index (χ1v) is 10.6. The van der Waals surface area contributed by atoms with Crippen molar-refractivity contribution in [1.82, 2.24) is 15.2 Å². The third kappa shape index (κ3) is 3.32. The van der Waals surface area contributed by atoms with E-state index < -0.39 is 23.5 Å². The van der Waals surface area contributed by atoms with Gasteiger partial charge in [-0.1, -0.05) is 42.7 Å². The number of benzene rings is 1. The molecule has 1 atom stereocenters. The number of nitrogens with one attached hydrogen (secondary N) is 1. The third-order valence-corrected chi connectivity index (χ3v) is 6.42. The maximum atomic E-state index is 13.2. The first-order valence-electron chi connectivity index (χ1n) is 10.6. The van der Waals surface area contributed by atoms with Crippen LogP contribution in [0.3, 0.4) is 0 Å². The van der Waals surface area contributed by atoms with Gasteiger partial charge in [0, 0.05) is 6.42 Å². The Morgan fingerprint density at radius 2 is 1.94 bits per heavy atom. The molecule has 2 aliphatic heterocycles. The van der Waals surface area contributed by atoms with Crippen LogP contribution in [0, 0.1) is 6.92 Å². The van der Waals surface area contributed by atoms with Gasteiger partial charge in [-0.3, -0.25) is 14.5 Å². The predicted molar refractivity (Wildman–Crippen MR) is 112 cm³/mol. The third-order valence-electron chi connectivity index (χ3n) is 6.42. The molecule has 1 saturated carbocycles. The summed E-state index contributed by atoms with van der Waals surface area (Å²) in [5, 5.41) is 8.75. The Balaban J connectivity index is 1.40. The highest BCUT2D eigenvalue weighted by atomic mass is 16.3. The van der Waals surface area contributed by atoms with Gasteiger partial charge in [0.25, 0.3) is 11.8 Å². The number of amides is 4. The second-order valence-electron chi connectivity index (χ2n) is 8.50. The van der Waals surface area contributed by atoms with Crippen molar-refractivity contribution in [2.45, 2.75) is 50.6 Å². The van der Waals surface area contributed by atoms with Crippen molar-refractivity contribution >= 4 is 23.6 Å². The Morgan fingerprint density at radius 3 is 2.61 bits per heavy atom. The normalized spacial score (nSPS) is 22.4. The van der Waals surface area contributed by atoms with Gasteiger partial charge in [-0.2, -0.15) is 5.10 Å². The summed E-state index contributed by atoms with van der Waals surface area (Å²) >= 11 is 0. The van der Waals surface area contributed by atoms with E-state index in [2.05, 4.69) is 10.4 Å². The fourth-order valence-corrected chi connectivity index (χ4v) is 4.71. The van der Waals surface area contributed by atoms with Gasteiger partial charge >= 0.3 is 6.03 Å². The van der Waals surface area contributed by atoms with E-state index in [1.54, 1.807) is 18.4 Å². The highest BCUT2D eigenvalue weighted by Crippen LogP contribution is 2.36. The van der Waals surface area contributed by atoms with Crippen molar-refractivity contribution in [1.29, 1.82) is 0 Å². The number of hydrogen-bond donors (Lipinski definition) is 1. The summed E-state index contributed by atoms with van der Waals surface area (Å²) in [4.78, 5) is 39.7. The second-order valence-corrected chi connectivity index (χ2v) is 8.50. The molecule has 8 heteroatoms. The van der Waals surface area contributed by atoms with E-state index in [1.165, 1.54) is 5.01 Å². The van der Waals surface area contributed by atoms with E-state index in [1.807, 2.05) is 31.2 Å². The zero-order valence-electron chi connectivity index (χ0n) is 17.3. The summed E-state index contributed by atoms with van der Waals surface area (Å²) < 4.78 is 5.56. The first-order chi connectivity index (χ1) is 15.0. The number of urea groups is 1. The molecule has 3 aliphatic rings. The first kappa shape index (κ1) is 19.5. The number of carbonyl (C=O) groups excluding carboxylic acids is 3. The van der Waals surface area contributed by atoms with Crippen LogP contribution in [0.5, 0.6) is 0 Å². The number of aryl methyl sites for hydroxylation is 1. The molecule has 0 bridgehead atoms. The lowest BCUT2D eigenvalue weighted by Gasteiger charge is -2.23. The molecule has 1 aliphatic carbocycles. The molecule has 1 spiro atoms. The molecule has 5 rings (SSSR count). The summed E-state index contributed by atoms with van der Waals surface area (Å²) in [5.74, 6) is -0.106. The Bertz CT molecular complexity index is 1050. The number of hydrazone groups is 1. The average Bonchev–Trinajstić information content (AvgIpc) is 3.54. The topological polar surface area (TPSA) is 95.2 Å². The highest BCUT2D eigenvalue weighted by molar-refractivity contribution is 6.09. The SMILES string of the molecule is Cc1ccc(C2=NN(C(=O)CN3C(=O)NC4(CCCC4)C3=O)[C@@H](c3ccco3)C2)cc1. The minimum Gasteiger partial charge on any atom is -0.467 e. The van der Waals surface area contributed by atoms with Crippen LogP contribution in [0.15, 0.2) is 52.2 Å². The summed E-state index contributed by atoms with van der Waals surface area (Å²) in [5.41, 5.74) is 1.99. The number of carbonyl (C=O) groups is 3. The van der Waals surface area contributed by atoms with Crippen molar-refractivity contribution in [3.05, 3.63) is 59.5 Å². The zero-order chi connectivity index (χ0) is 21.6. The molecular weight excluding hydrogens is 396 g/mol. The minimum atomic E-state index is -0.834. The lowest BCUT2D eigenvalue weighted by Crippen LogP contribution is -2.45. The maximum Gasteiger partial charge on any atom is 0.325 e. The maximum absolute atomic E-state index is 13.2. The Labute approximate surface area is 179 Å². The smallest absolute Gasteiger partial charge is 0.325 e. The Hall–Kier alpha value is -3.42. The Morgan fingerprint density at radius 1 is 1.19 bits per heavy atom. The molecule has 31 heavy (non-hydrogen) atoms. The quantitative estimate of drug-likeness (QED) is 0.769. The fraction of sp³-hybridized carbons (Fsp3) is 0.391. The molecule has 3 heterocycles. The molecule has 0 unspecified atom stereocenters. The predicted octanol–water partition coefficient (Wildman–Crippen LogP) is 3.13. The van der Waals surface area contributed by atoms with Crippen LogP contribution in [0.2, 0.25) is 0 Å². The summed E-state index contributed by atoms with van der Waals surface area (Å²) in [7, 11) is 0. The van der Waals surface area contributed by atoms with Gasteiger partial charge in [-0.05, 0) is 37.5 Å². The van der Waals surface area contributed by atoms with Crippen molar-refractivity contribution in [2.75, 3.05) is 6.54 Å². The molecule has 1 N–H and O–H groups in total. The van der Waals surface area contributed by atoms with Crippen molar-refractivity contribution in [2.24, 2.45) is 5.10 Å². The Kier molecular flexibility index (Phi) is 4.64.